The molecule has 0 saturated heterocycles. The van der Waals surface area contributed by atoms with Crippen LogP contribution in [0.1, 0.15) is 5.82 Å². The molecular weight excluding hydrogens is 263 g/mol. The van der Waals surface area contributed by atoms with Gasteiger partial charge in [0.2, 0.25) is 0 Å². The highest BCUT2D eigenvalue weighted by molar-refractivity contribution is 6.73. The lowest BCUT2D eigenvalue weighted by atomic mass is 9.80. The summed E-state index contributed by atoms with van der Waals surface area (Å²) in [5.41, 5.74) is -1.26. The van der Waals surface area contributed by atoms with Crippen LogP contribution in [0, 0.1) is 5.82 Å². The van der Waals surface area contributed by atoms with Crippen molar-refractivity contribution in [3.63, 3.8) is 0 Å². The van der Waals surface area contributed by atoms with E-state index in [2.05, 4.69) is 9.97 Å². The van der Waals surface area contributed by atoms with Crippen LogP contribution in [0.25, 0.3) is 0 Å². The minimum absolute atomic E-state index is 0.00578. The molecule has 1 heterocycles. The maximum absolute atomic E-state index is 13.3. The van der Waals surface area contributed by atoms with Gasteiger partial charge in [-0.15, -0.1) is 0 Å². The lowest BCUT2D eigenvalue weighted by molar-refractivity contribution is 0.294. The van der Waals surface area contributed by atoms with E-state index in [1.807, 2.05) is 0 Å². The first-order valence-corrected chi connectivity index (χ1v) is 5.35. The predicted molar refractivity (Wildman–Crippen MR) is 61.5 cm³/mol. The molecule has 0 atom stereocenters. The number of hydrogen-bond acceptors (Lipinski definition) is 3. The Bertz CT molecular complexity index is 562. The van der Waals surface area contributed by atoms with Crippen molar-refractivity contribution < 1.29 is 22.1 Å². The van der Waals surface area contributed by atoms with Gasteiger partial charge < -0.3 is 17.7 Å². The van der Waals surface area contributed by atoms with Crippen molar-refractivity contribution in [3.8, 4) is 5.75 Å². The largest absolute Gasteiger partial charge is 0.512 e. The van der Waals surface area contributed by atoms with E-state index in [9.17, 15) is 17.3 Å². The van der Waals surface area contributed by atoms with Crippen molar-refractivity contribution in [3.05, 3.63) is 48.3 Å². The zero-order chi connectivity index (χ0) is 13.9. The molecule has 0 unspecified atom stereocenters. The summed E-state index contributed by atoms with van der Waals surface area (Å²) in [6.45, 7) is -5.40. The molecule has 2 rings (SSSR count). The van der Waals surface area contributed by atoms with Crippen molar-refractivity contribution in [1.29, 1.82) is 0 Å². The number of halogens is 4. The Morgan fingerprint density at radius 1 is 1.11 bits per heavy atom. The first-order chi connectivity index (χ1) is 8.97. The van der Waals surface area contributed by atoms with Crippen LogP contribution in [0.3, 0.4) is 0 Å². The van der Waals surface area contributed by atoms with E-state index in [-0.39, 0.29) is 12.4 Å². The highest BCUT2D eigenvalue weighted by atomic mass is 19.4. The molecule has 1 aromatic heterocycles. The van der Waals surface area contributed by atoms with Crippen LogP contribution < -0.4 is 10.2 Å². The van der Waals surface area contributed by atoms with Crippen LogP contribution in [-0.2, 0) is 6.61 Å². The molecule has 0 bridgehead atoms. The van der Waals surface area contributed by atoms with Crippen LogP contribution in [0.2, 0.25) is 0 Å². The van der Waals surface area contributed by atoms with Crippen molar-refractivity contribution in [2.24, 2.45) is 0 Å². The second-order valence-electron chi connectivity index (χ2n) is 3.71. The number of ether oxygens (including phenoxy) is 1. The molecule has 3 nitrogen and oxygen atoms in total. The van der Waals surface area contributed by atoms with Gasteiger partial charge >= 0.3 is 6.98 Å². The van der Waals surface area contributed by atoms with Gasteiger partial charge in [0.05, 0.1) is 5.82 Å². The molecule has 1 aromatic carbocycles. The second kappa shape index (κ2) is 5.25. The highest BCUT2D eigenvalue weighted by Crippen LogP contribution is 2.17. The SMILES string of the molecule is Fc1cc(OCc2ncccn2)ccc1[B-](F)(F)F. The Morgan fingerprint density at radius 3 is 2.37 bits per heavy atom. The predicted octanol–water partition coefficient (Wildman–Crippen LogP) is 2.25. The minimum Gasteiger partial charge on any atom is -0.486 e. The number of nitrogens with zero attached hydrogens (tertiary/aromatic N) is 2. The third-order valence-corrected chi connectivity index (χ3v) is 2.31. The summed E-state index contributed by atoms with van der Waals surface area (Å²) in [5.74, 6) is -1.00. The van der Waals surface area contributed by atoms with Crippen molar-refractivity contribution in [2.75, 3.05) is 0 Å². The quantitative estimate of drug-likeness (QED) is 0.632. The topological polar surface area (TPSA) is 35.0 Å². The van der Waals surface area contributed by atoms with Crippen molar-refractivity contribution >= 4 is 12.4 Å². The molecule has 100 valence electrons. The number of rotatable bonds is 4. The van der Waals surface area contributed by atoms with E-state index < -0.39 is 18.3 Å². The summed E-state index contributed by atoms with van der Waals surface area (Å²) in [4.78, 5) is 7.73. The van der Waals surface area contributed by atoms with E-state index >= 15 is 0 Å². The normalized spacial score (nSPS) is 11.4. The molecule has 0 aliphatic carbocycles. The standard InChI is InChI=1S/C11H8BF4N2O/c13-10-6-8(2-3-9(10)12(14,15)16)19-7-11-17-4-1-5-18-11/h1-6H,7H2/q-1. The first kappa shape index (κ1) is 13.3. The smallest absolute Gasteiger partial charge is 0.486 e. The molecule has 2 aromatic rings. The maximum atomic E-state index is 13.3. The highest BCUT2D eigenvalue weighted by Gasteiger charge is 2.28. The van der Waals surface area contributed by atoms with Crippen LogP contribution in [0.15, 0.2) is 36.7 Å². The van der Waals surface area contributed by atoms with Crippen LogP contribution in [-0.4, -0.2) is 16.9 Å². The Morgan fingerprint density at radius 2 is 1.79 bits per heavy atom. The van der Waals surface area contributed by atoms with E-state index in [0.717, 1.165) is 6.07 Å². The molecule has 19 heavy (non-hydrogen) atoms. The number of hydrogen-bond donors (Lipinski definition) is 0. The molecule has 0 saturated carbocycles. The zero-order valence-corrected chi connectivity index (χ0v) is 9.56. The summed E-state index contributed by atoms with van der Waals surface area (Å²) < 4.78 is 55.6. The summed E-state index contributed by atoms with van der Waals surface area (Å²) in [6, 6.07) is 4.05. The average molecular weight is 271 g/mol. The van der Waals surface area contributed by atoms with Gasteiger partial charge in [-0.05, 0) is 12.1 Å². The Kier molecular flexibility index (Phi) is 3.68. The summed E-state index contributed by atoms with van der Waals surface area (Å²) in [6.07, 6.45) is 3.00. The number of aromatic nitrogens is 2. The second-order valence-corrected chi connectivity index (χ2v) is 3.71. The Hall–Kier alpha value is -2.12. The van der Waals surface area contributed by atoms with E-state index in [1.165, 1.54) is 12.4 Å². The van der Waals surface area contributed by atoms with E-state index in [0.29, 0.717) is 18.0 Å². The molecule has 0 fully saturated rings. The molecule has 8 heteroatoms. The van der Waals surface area contributed by atoms with Gasteiger partial charge in [0.25, 0.3) is 0 Å². The Balaban J connectivity index is 2.09. The third-order valence-electron chi connectivity index (χ3n) is 2.31. The van der Waals surface area contributed by atoms with E-state index in [1.54, 1.807) is 6.07 Å². The van der Waals surface area contributed by atoms with Crippen LogP contribution >= 0.6 is 0 Å². The van der Waals surface area contributed by atoms with Crippen LogP contribution in [0.5, 0.6) is 5.75 Å². The summed E-state index contributed by atoms with van der Waals surface area (Å²) in [5, 5.41) is 0. The fourth-order valence-corrected chi connectivity index (χ4v) is 1.42. The summed E-state index contributed by atoms with van der Waals surface area (Å²) in [7, 11) is 0. The lowest BCUT2D eigenvalue weighted by Crippen LogP contribution is -2.36. The monoisotopic (exact) mass is 271 g/mol. The molecule has 0 amide bonds. The Labute approximate surface area is 106 Å². The van der Waals surface area contributed by atoms with Crippen molar-refractivity contribution in [2.45, 2.75) is 6.61 Å². The van der Waals surface area contributed by atoms with Crippen LogP contribution in [0.4, 0.5) is 17.3 Å². The molecule has 0 spiro atoms. The number of benzene rings is 1. The van der Waals surface area contributed by atoms with Gasteiger partial charge in [-0.2, -0.15) is 0 Å². The third kappa shape index (κ3) is 3.43. The molecule has 0 N–H and O–H groups in total. The van der Waals surface area contributed by atoms with Gasteiger partial charge in [0.1, 0.15) is 12.4 Å². The van der Waals surface area contributed by atoms with E-state index in [4.69, 9.17) is 4.74 Å². The molecule has 0 aliphatic rings. The van der Waals surface area contributed by atoms with Gasteiger partial charge in [-0.25, -0.2) is 14.4 Å². The maximum Gasteiger partial charge on any atom is 0.512 e. The summed E-state index contributed by atoms with van der Waals surface area (Å²) >= 11 is 0. The molecule has 0 aliphatic heterocycles. The van der Waals surface area contributed by atoms with Gasteiger partial charge in [-0.3, -0.25) is 0 Å². The zero-order valence-electron chi connectivity index (χ0n) is 9.56. The fraction of sp³-hybridized carbons (Fsp3) is 0.0909. The van der Waals surface area contributed by atoms with Gasteiger partial charge in [-0.1, -0.05) is 11.5 Å². The lowest BCUT2D eigenvalue weighted by Gasteiger charge is -2.16. The minimum atomic E-state index is -5.36. The fourth-order valence-electron chi connectivity index (χ4n) is 1.42. The van der Waals surface area contributed by atoms with Gasteiger partial charge in [0.15, 0.2) is 5.82 Å². The molecular formula is C11H8BF4N2O-. The first-order valence-electron chi connectivity index (χ1n) is 5.35. The average Bonchev–Trinajstić information content (AvgIpc) is 2.36. The van der Waals surface area contributed by atoms with Crippen molar-refractivity contribution in [1.82, 2.24) is 9.97 Å². The van der Waals surface area contributed by atoms with Gasteiger partial charge in [0, 0.05) is 18.5 Å². The molecule has 0 radical (unpaired) electrons.